The lowest BCUT2D eigenvalue weighted by molar-refractivity contribution is 0.0753. The van der Waals surface area contributed by atoms with E-state index in [9.17, 15) is 4.79 Å². The average molecular weight is 425 g/mol. The molecule has 0 radical (unpaired) electrons. The van der Waals surface area contributed by atoms with Crippen LogP contribution in [0.3, 0.4) is 0 Å². The summed E-state index contributed by atoms with van der Waals surface area (Å²) in [7, 11) is 1.71. The summed E-state index contributed by atoms with van der Waals surface area (Å²) in [6.45, 7) is 5.60. The summed E-state index contributed by atoms with van der Waals surface area (Å²) in [5, 5.41) is 8.51. The highest BCUT2D eigenvalue weighted by Gasteiger charge is 2.30. The Labute approximate surface area is 186 Å². The first kappa shape index (κ1) is 21.9. The molecule has 1 aromatic heterocycles. The van der Waals surface area contributed by atoms with E-state index in [2.05, 4.69) is 29.1 Å². The van der Waals surface area contributed by atoms with Gasteiger partial charge >= 0.3 is 0 Å². The molecule has 0 unspecified atom stereocenters. The smallest absolute Gasteiger partial charge is 0.274 e. The van der Waals surface area contributed by atoms with Crippen LogP contribution in [0.2, 0.25) is 0 Å². The van der Waals surface area contributed by atoms with Crippen LogP contribution >= 0.6 is 0 Å². The number of methoxy groups -OCH3 is 1. The second-order valence-corrected chi connectivity index (χ2v) is 8.79. The molecule has 2 heterocycles. The fourth-order valence-corrected chi connectivity index (χ4v) is 4.97. The quantitative estimate of drug-likeness (QED) is 0.738. The predicted octanol–water partition coefficient (Wildman–Crippen LogP) is 3.62. The van der Waals surface area contributed by atoms with Crippen LogP contribution in [0.15, 0.2) is 24.3 Å². The summed E-state index contributed by atoms with van der Waals surface area (Å²) in [6, 6.07) is 8.66. The molecule has 1 aliphatic carbocycles. The van der Waals surface area contributed by atoms with E-state index in [-0.39, 0.29) is 5.91 Å². The summed E-state index contributed by atoms with van der Waals surface area (Å²) < 4.78 is 7.39. The van der Waals surface area contributed by atoms with Crippen LogP contribution in [0.1, 0.15) is 66.3 Å². The number of nitrogens with one attached hydrogen (secondary N) is 1. The molecule has 1 N–H and O–H groups in total. The number of ether oxygens (including phenoxy) is 1. The monoisotopic (exact) mass is 424 g/mol. The number of aromatic nitrogens is 2. The number of hydrogen-bond donors (Lipinski definition) is 1. The number of aryl methyl sites for hydroxylation is 1. The minimum Gasteiger partial charge on any atom is -0.497 e. The molecule has 1 amide bonds. The van der Waals surface area contributed by atoms with Gasteiger partial charge in [-0.25, -0.2) is 0 Å². The molecule has 0 saturated carbocycles. The molecule has 168 valence electrons. The van der Waals surface area contributed by atoms with Crippen LogP contribution in [-0.2, 0) is 25.8 Å². The number of fused-ring (bicyclic) bond motifs is 1. The lowest BCUT2D eigenvalue weighted by atomic mass is 9.91. The second kappa shape index (κ2) is 10.3. The molecule has 6 nitrogen and oxygen atoms in total. The van der Waals surface area contributed by atoms with Gasteiger partial charge in [-0.1, -0.05) is 25.0 Å². The lowest BCUT2D eigenvalue weighted by Gasteiger charge is -2.25. The summed E-state index contributed by atoms with van der Waals surface area (Å²) in [5.74, 6) is 1.05. The van der Waals surface area contributed by atoms with Gasteiger partial charge in [0.15, 0.2) is 5.69 Å². The van der Waals surface area contributed by atoms with Gasteiger partial charge in [-0.05, 0) is 69.7 Å². The maximum atomic E-state index is 13.3. The Hall–Kier alpha value is -2.34. The topological polar surface area (TPSA) is 59.4 Å². The van der Waals surface area contributed by atoms with Gasteiger partial charge < -0.3 is 15.0 Å². The van der Waals surface area contributed by atoms with Crippen LogP contribution in [0, 0.1) is 0 Å². The van der Waals surface area contributed by atoms with Gasteiger partial charge in [0, 0.05) is 36.9 Å². The lowest BCUT2D eigenvalue weighted by Crippen LogP contribution is -2.37. The maximum absolute atomic E-state index is 13.3. The third kappa shape index (κ3) is 5.12. The summed E-state index contributed by atoms with van der Waals surface area (Å²) >= 11 is 0. The van der Waals surface area contributed by atoms with Gasteiger partial charge in [0.2, 0.25) is 0 Å². The zero-order valence-electron chi connectivity index (χ0n) is 19.0. The second-order valence-electron chi connectivity index (χ2n) is 8.79. The minimum absolute atomic E-state index is 0.141. The number of hydrogen-bond acceptors (Lipinski definition) is 4. The van der Waals surface area contributed by atoms with Crippen molar-refractivity contribution in [3.8, 4) is 5.75 Å². The Morgan fingerprint density at radius 3 is 2.77 bits per heavy atom. The number of nitrogens with zero attached hydrogens (tertiary/aromatic N) is 3. The van der Waals surface area contributed by atoms with Crippen LogP contribution in [0.4, 0.5) is 0 Å². The number of carbonyl (C=O) groups excluding carboxylic acids is 1. The van der Waals surface area contributed by atoms with E-state index in [4.69, 9.17) is 9.84 Å². The molecular formula is C25H36N4O2. The predicted molar refractivity (Wildman–Crippen MR) is 123 cm³/mol. The van der Waals surface area contributed by atoms with E-state index in [0.717, 1.165) is 70.5 Å². The summed E-state index contributed by atoms with van der Waals surface area (Å²) in [6.07, 6.45) is 8.61. The van der Waals surface area contributed by atoms with Crippen molar-refractivity contribution in [2.45, 2.75) is 70.9 Å². The Balaban J connectivity index is 1.42. The number of amides is 1. The molecular weight excluding hydrogens is 388 g/mol. The molecule has 1 aromatic carbocycles. The summed E-state index contributed by atoms with van der Waals surface area (Å²) in [5.41, 5.74) is 4.44. The van der Waals surface area contributed by atoms with Crippen molar-refractivity contribution >= 4 is 5.91 Å². The molecule has 4 rings (SSSR count). The molecule has 2 aliphatic rings. The number of rotatable bonds is 7. The Kier molecular flexibility index (Phi) is 7.28. The van der Waals surface area contributed by atoms with Crippen LogP contribution in [-0.4, -0.2) is 53.4 Å². The normalized spacial score (nSPS) is 19.0. The van der Waals surface area contributed by atoms with E-state index in [1.165, 1.54) is 29.7 Å². The Morgan fingerprint density at radius 1 is 1.23 bits per heavy atom. The maximum Gasteiger partial charge on any atom is 0.274 e. The van der Waals surface area contributed by atoms with Gasteiger partial charge in [-0.3, -0.25) is 9.48 Å². The third-order valence-corrected chi connectivity index (χ3v) is 6.72. The highest BCUT2D eigenvalue weighted by atomic mass is 16.5. The summed E-state index contributed by atoms with van der Waals surface area (Å²) in [4.78, 5) is 15.4. The van der Waals surface area contributed by atoms with Crippen molar-refractivity contribution in [3.63, 3.8) is 0 Å². The average Bonchev–Trinajstić information content (AvgIpc) is 2.96. The van der Waals surface area contributed by atoms with Crippen molar-refractivity contribution in [2.24, 2.45) is 0 Å². The number of likely N-dealkylation sites (tertiary alicyclic amines) is 1. The van der Waals surface area contributed by atoms with Crippen LogP contribution < -0.4 is 10.1 Å². The van der Waals surface area contributed by atoms with Gasteiger partial charge in [-0.15, -0.1) is 0 Å². The first-order chi connectivity index (χ1) is 15.2. The van der Waals surface area contributed by atoms with Crippen molar-refractivity contribution in [1.82, 2.24) is 20.0 Å². The van der Waals surface area contributed by atoms with Crippen molar-refractivity contribution < 1.29 is 9.53 Å². The number of carbonyl (C=O) groups is 1. The van der Waals surface area contributed by atoms with E-state index in [1.807, 2.05) is 17.0 Å². The Bertz CT molecular complexity index is 884. The SMILES string of the molecule is CCn1nc(C(=O)N2CCCCCC2)c2c1CC[C@H](NCCc1cccc(OC)c1)C2. The highest BCUT2D eigenvalue weighted by Crippen LogP contribution is 2.27. The highest BCUT2D eigenvalue weighted by molar-refractivity contribution is 5.94. The van der Waals surface area contributed by atoms with Crippen LogP contribution in [0.5, 0.6) is 5.75 Å². The first-order valence-electron chi connectivity index (χ1n) is 11.9. The molecule has 0 bridgehead atoms. The molecule has 31 heavy (non-hydrogen) atoms. The fraction of sp³-hybridized carbons (Fsp3) is 0.600. The zero-order valence-corrected chi connectivity index (χ0v) is 19.0. The first-order valence-corrected chi connectivity index (χ1v) is 11.9. The molecule has 2 aromatic rings. The standard InChI is InChI=1S/C25H36N4O2/c1-3-29-23-12-11-20(26-14-13-19-9-8-10-21(17-19)31-2)18-22(23)24(27-29)25(30)28-15-6-4-5-7-16-28/h8-10,17,20,26H,3-7,11-16,18H2,1-2H3/t20-/m0/s1. The van der Waals surface area contributed by atoms with E-state index < -0.39 is 0 Å². The van der Waals surface area contributed by atoms with Crippen molar-refractivity contribution in [1.29, 1.82) is 0 Å². The van der Waals surface area contributed by atoms with E-state index in [0.29, 0.717) is 11.7 Å². The minimum atomic E-state index is 0.141. The van der Waals surface area contributed by atoms with Crippen molar-refractivity contribution in [3.05, 3.63) is 46.8 Å². The van der Waals surface area contributed by atoms with Gasteiger partial charge in [0.25, 0.3) is 5.91 Å². The molecule has 6 heteroatoms. The molecule has 1 saturated heterocycles. The number of benzene rings is 1. The molecule has 1 atom stereocenters. The Morgan fingerprint density at radius 2 is 2.03 bits per heavy atom. The molecule has 1 fully saturated rings. The molecule has 1 aliphatic heterocycles. The van der Waals surface area contributed by atoms with Crippen LogP contribution in [0.25, 0.3) is 0 Å². The van der Waals surface area contributed by atoms with Crippen molar-refractivity contribution in [2.75, 3.05) is 26.7 Å². The largest absolute Gasteiger partial charge is 0.497 e. The zero-order chi connectivity index (χ0) is 21.6. The van der Waals surface area contributed by atoms with Gasteiger partial charge in [0.1, 0.15) is 5.75 Å². The van der Waals surface area contributed by atoms with E-state index in [1.54, 1.807) is 7.11 Å². The third-order valence-electron chi connectivity index (χ3n) is 6.72. The van der Waals surface area contributed by atoms with Gasteiger partial charge in [-0.2, -0.15) is 5.10 Å². The van der Waals surface area contributed by atoms with E-state index >= 15 is 0 Å². The molecule has 0 spiro atoms. The fourth-order valence-electron chi connectivity index (χ4n) is 4.97. The van der Waals surface area contributed by atoms with Gasteiger partial charge in [0.05, 0.1) is 7.11 Å².